The number of nitrogens with zero attached hydrogens (tertiary/aromatic N) is 2. The van der Waals surface area contributed by atoms with Crippen molar-refractivity contribution < 1.29 is 22.8 Å². The van der Waals surface area contributed by atoms with Gasteiger partial charge >= 0.3 is 0 Å². The monoisotopic (exact) mass is 489 g/mol. The highest BCUT2D eigenvalue weighted by Crippen LogP contribution is 2.26. The van der Waals surface area contributed by atoms with Gasteiger partial charge in [-0.25, -0.2) is 8.78 Å². The molecule has 8 heteroatoms. The molecule has 1 aromatic heterocycles. The Morgan fingerprint density at radius 1 is 0.861 bits per heavy atom. The molecule has 36 heavy (non-hydrogen) atoms. The summed E-state index contributed by atoms with van der Waals surface area (Å²) in [6, 6.07) is 20.0. The molecule has 2 amide bonds. The van der Waals surface area contributed by atoms with Crippen LogP contribution in [0.3, 0.4) is 0 Å². The Balaban J connectivity index is 1.65. The van der Waals surface area contributed by atoms with Crippen molar-refractivity contribution in [3.05, 3.63) is 119 Å². The second kappa shape index (κ2) is 10.9. The van der Waals surface area contributed by atoms with Gasteiger partial charge in [0.05, 0.1) is 6.26 Å². The fraction of sp³-hybridized carbons (Fsp3) is 0.143. The quantitative estimate of drug-likeness (QED) is 0.344. The zero-order valence-corrected chi connectivity index (χ0v) is 19.9. The topological polar surface area (TPSA) is 65.8 Å². The van der Waals surface area contributed by atoms with E-state index in [9.17, 15) is 18.4 Å². The zero-order valence-electron chi connectivity index (χ0n) is 19.9. The number of furan rings is 1. The molecule has 0 aliphatic rings. The Morgan fingerprint density at radius 3 is 2.28 bits per heavy atom. The van der Waals surface area contributed by atoms with Crippen molar-refractivity contribution in [1.82, 2.24) is 4.90 Å². The summed E-state index contributed by atoms with van der Waals surface area (Å²) >= 11 is 0. The molecule has 0 fully saturated rings. The fourth-order valence-corrected chi connectivity index (χ4v) is 3.88. The summed E-state index contributed by atoms with van der Waals surface area (Å²) in [4.78, 5) is 29.4. The minimum absolute atomic E-state index is 0.143. The predicted molar refractivity (Wildman–Crippen MR) is 134 cm³/mol. The molecule has 0 aliphatic carbocycles. The van der Waals surface area contributed by atoms with Crippen LogP contribution in [0.2, 0.25) is 0 Å². The first-order chi connectivity index (χ1) is 17.3. The molecule has 0 atom stereocenters. The number of rotatable bonds is 8. The highest BCUT2D eigenvalue weighted by molar-refractivity contribution is 6.04. The van der Waals surface area contributed by atoms with E-state index in [0.717, 1.165) is 17.3 Å². The summed E-state index contributed by atoms with van der Waals surface area (Å²) in [6.07, 6.45) is 1.42. The third kappa shape index (κ3) is 5.96. The summed E-state index contributed by atoms with van der Waals surface area (Å²) in [5.74, 6) is -1.55. The van der Waals surface area contributed by atoms with Crippen LogP contribution < -0.4 is 10.2 Å². The number of carbonyl (C=O) groups is 2. The van der Waals surface area contributed by atoms with Crippen molar-refractivity contribution in [2.45, 2.75) is 13.1 Å². The Bertz CT molecular complexity index is 1370. The van der Waals surface area contributed by atoms with Crippen LogP contribution in [0.5, 0.6) is 0 Å². The lowest BCUT2D eigenvalue weighted by atomic mass is 10.1. The molecule has 184 valence electrons. The third-order valence-corrected chi connectivity index (χ3v) is 5.55. The highest BCUT2D eigenvalue weighted by atomic mass is 19.1. The molecule has 0 unspecified atom stereocenters. The van der Waals surface area contributed by atoms with Gasteiger partial charge in [-0.15, -0.1) is 0 Å². The van der Waals surface area contributed by atoms with Crippen LogP contribution in [0.4, 0.5) is 20.2 Å². The van der Waals surface area contributed by atoms with Crippen molar-refractivity contribution in [3.8, 4) is 0 Å². The second-order valence-electron chi connectivity index (χ2n) is 8.47. The van der Waals surface area contributed by atoms with Gasteiger partial charge in [0.25, 0.3) is 11.8 Å². The van der Waals surface area contributed by atoms with Crippen LogP contribution in [0, 0.1) is 11.6 Å². The van der Waals surface area contributed by atoms with E-state index in [1.807, 2.05) is 25.1 Å². The highest BCUT2D eigenvalue weighted by Gasteiger charge is 2.21. The van der Waals surface area contributed by atoms with Gasteiger partial charge < -0.3 is 19.5 Å². The van der Waals surface area contributed by atoms with Crippen molar-refractivity contribution in [1.29, 1.82) is 0 Å². The van der Waals surface area contributed by atoms with Gasteiger partial charge in [0, 0.05) is 44.1 Å². The zero-order chi connectivity index (χ0) is 25.7. The Hall–Kier alpha value is -4.46. The van der Waals surface area contributed by atoms with Crippen molar-refractivity contribution >= 4 is 23.2 Å². The van der Waals surface area contributed by atoms with Crippen LogP contribution in [0.15, 0.2) is 89.5 Å². The van der Waals surface area contributed by atoms with Gasteiger partial charge in [-0.1, -0.05) is 18.2 Å². The first kappa shape index (κ1) is 24.7. The van der Waals surface area contributed by atoms with E-state index in [2.05, 4.69) is 5.32 Å². The number of anilines is 2. The van der Waals surface area contributed by atoms with E-state index >= 15 is 0 Å². The summed E-state index contributed by atoms with van der Waals surface area (Å²) in [6.45, 7) is 0.303. The average molecular weight is 490 g/mol. The molecule has 3 aromatic carbocycles. The number of benzene rings is 3. The number of hydrogen-bond acceptors (Lipinski definition) is 4. The maximum atomic E-state index is 13.8. The molecule has 1 N–H and O–H groups in total. The molecule has 0 bridgehead atoms. The summed E-state index contributed by atoms with van der Waals surface area (Å²) in [5.41, 5.74) is 2.87. The number of nitrogens with one attached hydrogen (secondary N) is 1. The molecule has 4 rings (SSSR count). The van der Waals surface area contributed by atoms with Crippen LogP contribution in [-0.2, 0) is 13.1 Å². The summed E-state index contributed by atoms with van der Waals surface area (Å²) in [7, 11) is 3.74. The van der Waals surface area contributed by atoms with Gasteiger partial charge in [0.15, 0.2) is 5.76 Å². The largest absolute Gasteiger partial charge is 0.459 e. The van der Waals surface area contributed by atoms with Crippen molar-refractivity contribution in [2.75, 3.05) is 24.3 Å². The number of carbonyl (C=O) groups excluding carboxylic acids is 2. The fourth-order valence-electron chi connectivity index (χ4n) is 3.88. The molecule has 6 nitrogen and oxygen atoms in total. The molecule has 0 aliphatic heterocycles. The number of halogens is 2. The van der Waals surface area contributed by atoms with Crippen molar-refractivity contribution in [3.63, 3.8) is 0 Å². The van der Waals surface area contributed by atoms with Crippen LogP contribution >= 0.6 is 0 Å². The summed E-state index contributed by atoms with van der Waals surface area (Å²) in [5, 5.41) is 2.78. The molecule has 0 saturated heterocycles. The van der Waals surface area contributed by atoms with Crippen LogP contribution in [-0.4, -0.2) is 30.8 Å². The number of amides is 2. The number of hydrogen-bond donors (Lipinski definition) is 1. The maximum absolute atomic E-state index is 13.8. The van der Waals surface area contributed by atoms with E-state index in [0.29, 0.717) is 11.3 Å². The van der Waals surface area contributed by atoms with Crippen LogP contribution in [0.1, 0.15) is 32.0 Å². The standard InChI is InChI=1S/C28H25F2N3O3/c1-32(2)25-12-11-24(31-27(34)20-7-4-9-23(30)15-20)16-21(25)18-33(28(35)26-10-5-13-36-26)17-19-6-3-8-22(29)14-19/h3-16H,17-18H2,1-2H3,(H,31,34). The lowest BCUT2D eigenvalue weighted by molar-refractivity contribution is 0.0697. The Labute approximate surface area is 207 Å². The first-order valence-corrected chi connectivity index (χ1v) is 11.2. The van der Waals surface area contributed by atoms with Gasteiger partial charge in [0.2, 0.25) is 0 Å². The SMILES string of the molecule is CN(C)c1ccc(NC(=O)c2cccc(F)c2)cc1CN(Cc1cccc(F)c1)C(=O)c1ccco1. The lowest BCUT2D eigenvalue weighted by Crippen LogP contribution is -2.30. The van der Waals surface area contributed by atoms with E-state index in [1.165, 1.54) is 36.6 Å². The molecule has 4 aromatic rings. The van der Waals surface area contributed by atoms with Gasteiger partial charge in [-0.3, -0.25) is 9.59 Å². The minimum atomic E-state index is -0.504. The Morgan fingerprint density at radius 2 is 1.61 bits per heavy atom. The van der Waals surface area contributed by atoms with Gasteiger partial charge in [0.1, 0.15) is 11.6 Å². The first-order valence-electron chi connectivity index (χ1n) is 11.2. The molecule has 0 spiro atoms. The van der Waals surface area contributed by atoms with E-state index in [1.54, 1.807) is 41.3 Å². The average Bonchev–Trinajstić information content (AvgIpc) is 3.38. The smallest absolute Gasteiger partial charge is 0.290 e. The van der Waals surface area contributed by atoms with E-state index in [4.69, 9.17) is 4.42 Å². The molecular formula is C28H25F2N3O3. The van der Waals surface area contributed by atoms with E-state index in [-0.39, 0.29) is 30.3 Å². The molecule has 0 radical (unpaired) electrons. The molecule has 0 saturated carbocycles. The van der Waals surface area contributed by atoms with Crippen LogP contribution in [0.25, 0.3) is 0 Å². The van der Waals surface area contributed by atoms with E-state index < -0.39 is 17.5 Å². The maximum Gasteiger partial charge on any atom is 0.290 e. The van der Waals surface area contributed by atoms with Crippen molar-refractivity contribution in [2.24, 2.45) is 0 Å². The molecular weight excluding hydrogens is 464 g/mol. The normalized spacial score (nSPS) is 10.7. The predicted octanol–water partition coefficient (Wildman–Crippen LogP) is 5.72. The minimum Gasteiger partial charge on any atom is -0.459 e. The second-order valence-corrected chi connectivity index (χ2v) is 8.47. The Kier molecular flexibility index (Phi) is 7.44. The lowest BCUT2D eigenvalue weighted by Gasteiger charge is -2.26. The summed E-state index contributed by atoms with van der Waals surface area (Å²) < 4.78 is 32.7. The van der Waals surface area contributed by atoms with Gasteiger partial charge in [-0.2, -0.15) is 0 Å². The van der Waals surface area contributed by atoms with Gasteiger partial charge in [-0.05, 0) is 71.8 Å². The third-order valence-electron chi connectivity index (χ3n) is 5.55. The molecule has 1 heterocycles.